The molecule has 0 radical (unpaired) electrons. The minimum atomic E-state index is -2.73. The fraction of sp³-hybridized carbons (Fsp3) is 0.536. The summed E-state index contributed by atoms with van der Waals surface area (Å²) in [6.45, 7) is 1.79. The van der Waals surface area contributed by atoms with Crippen molar-refractivity contribution < 1.29 is 34.2 Å². The van der Waals surface area contributed by atoms with Gasteiger partial charge in [-0.25, -0.2) is 0 Å². The van der Waals surface area contributed by atoms with Crippen LogP contribution in [0.1, 0.15) is 27.9 Å². The molecule has 1 aliphatic heterocycles. The summed E-state index contributed by atoms with van der Waals surface area (Å²) in [4.78, 5) is 72.2. The van der Waals surface area contributed by atoms with Gasteiger partial charge in [0.25, 0.3) is 0 Å². The maximum Gasteiger partial charge on any atom is 0.235 e. The van der Waals surface area contributed by atoms with Gasteiger partial charge >= 0.3 is 0 Å². The lowest BCUT2D eigenvalue weighted by molar-refractivity contribution is -0.181. The van der Waals surface area contributed by atoms with Crippen LogP contribution in [-0.2, 0) is 32.1 Å². The number of phenols is 1. The number of hydrogen-bond donors (Lipinski definition) is 3. The van der Waals surface area contributed by atoms with Crippen LogP contribution in [0.4, 0.5) is 5.69 Å². The van der Waals surface area contributed by atoms with Crippen molar-refractivity contribution in [2.45, 2.75) is 31.0 Å². The van der Waals surface area contributed by atoms with Gasteiger partial charge in [-0.3, -0.25) is 33.8 Å². The van der Waals surface area contributed by atoms with Gasteiger partial charge < -0.3 is 20.8 Å². The number of carbonyl (C=O) groups is 5. The van der Waals surface area contributed by atoms with Crippen molar-refractivity contribution in [1.29, 1.82) is 0 Å². The zero-order chi connectivity index (χ0) is 28.5. The molecule has 4 N–H and O–H groups in total. The molecule has 5 rings (SSSR count). The van der Waals surface area contributed by atoms with E-state index in [2.05, 4.69) is 4.90 Å². The third-order valence-electron chi connectivity index (χ3n) is 8.89. The number of primary amides is 1. The van der Waals surface area contributed by atoms with E-state index in [1.165, 1.54) is 4.90 Å². The molecule has 2 saturated carbocycles. The highest BCUT2D eigenvalue weighted by Gasteiger charge is 2.69. The molecule has 11 nitrogen and oxygen atoms in total. The number of nitrogens with two attached hydrogens (primary N) is 1. The molecule has 1 aromatic rings. The van der Waals surface area contributed by atoms with E-state index in [4.69, 9.17) is 5.73 Å². The summed E-state index contributed by atoms with van der Waals surface area (Å²) >= 11 is 0. The van der Waals surface area contributed by atoms with Crippen LogP contribution in [0.15, 0.2) is 18.2 Å². The van der Waals surface area contributed by atoms with Crippen LogP contribution < -0.4 is 10.6 Å². The number of phenolic OH excluding ortho intramolecular Hbond substituents is 1. The number of benzene rings is 1. The Bertz CT molecular complexity index is 1330. The van der Waals surface area contributed by atoms with Crippen LogP contribution >= 0.6 is 0 Å². The van der Waals surface area contributed by atoms with Gasteiger partial charge in [-0.2, -0.15) is 0 Å². The predicted molar refractivity (Wildman–Crippen MR) is 140 cm³/mol. The summed E-state index contributed by atoms with van der Waals surface area (Å²) in [6, 6.07) is 0.735. The fourth-order valence-electron chi connectivity index (χ4n) is 7.12. The summed E-state index contributed by atoms with van der Waals surface area (Å²) < 4.78 is 0. The van der Waals surface area contributed by atoms with Crippen LogP contribution in [0, 0.1) is 23.7 Å². The molecule has 11 heteroatoms. The van der Waals surface area contributed by atoms with E-state index < -0.39 is 64.4 Å². The van der Waals surface area contributed by atoms with E-state index in [9.17, 15) is 34.2 Å². The average molecular weight is 539 g/mol. The fourth-order valence-corrected chi connectivity index (χ4v) is 7.12. The first-order valence-electron chi connectivity index (χ1n) is 13.1. The Morgan fingerprint density at radius 3 is 2.31 bits per heavy atom. The Morgan fingerprint density at radius 2 is 1.74 bits per heavy atom. The summed E-state index contributed by atoms with van der Waals surface area (Å²) in [7, 11) is 6.79. The number of ketones is 4. The molecule has 6 atom stereocenters. The number of amides is 1. The molecule has 1 amide bonds. The highest BCUT2D eigenvalue weighted by Crippen LogP contribution is 2.52. The Hall–Kier alpha value is -3.41. The average Bonchev–Trinajstić information content (AvgIpc) is 3.35. The van der Waals surface area contributed by atoms with Crippen molar-refractivity contribution in [2.75, 3.05) is 46.2 Å². The van der Waals surface area contributed by atoms with Gasteiger partial charge in [0.15, 0.2) is 34.7 Å². The zero-order valence-corrected chi connectivity index (χ0v) is 22.5. The second-order valence-electron chi connectivity index (χ2n) is 11.6. The van der Waals surface area contributed by atoms with Crippen molar-refractivity contribution in [1.82, 2.24) is 9.80 Å². The van der Waals surface area contributed by atoms with Crippen LogP contribution in [0.5, 0.6) is 5.75 Å². The minimum Gasteiger partial charge on any atom is -0.507 e. The molecule has 3 aliphatic carbocycles. The molecule has 208 valence electrons. The number of hydrogen-bond acceptors (Lipinski definition) is 10. The number of aromatic hydroxyl groups is 1. The third-order valence-corrected chi connectivity index (χ3v) is 8.89. The van der Waals surface area contributed by atoms with Crippen molar-refractivity contribution in [3.63, 3.8) is 0 Å². The quantitative estimate of drug-likeness (QED) is 0.323. The third kappa shape index (κ3) is 3.86. The largest absolute Gasteiger partial charge is 0.507 e. The Kier molecular flexibility index (Phi) is 6.52. The first kappa shape index (κ1) is 27.2. The van der Waals surface area contributed by atoms with Crippen LogP contribution in [-0.4, -0.2) is 102 Å². The van der Waals surface area contributed by atoms with E-state index in [1.54, 1.807) is 14.1 Å². The second kappa shape index (κ2) is 9.35. The molecule has 0 spiro atoms. The standard InChI is InChI=1S/C28H34N4O7/c1-30(2)17-11-14(12-32-7-5-6-8-32)22(33)19-15(17)9-13-10-16-21(31(3)4)24(35)20(27(29)38)26(37)28(16,39)25(36)18(13)23(19)34/h5-6,11,13,16,18,20-21,33,39H,7-10,12H2,1-4H3,(H2,29,38)/t13-,16-,18?,20?,21?,28-/m0/s1. The van der Waals surface area contributed by atoms with Gasteiger partial charge in [-0.15, -0.1) is 0 Å². The van der Waals surface area contributed by atoms with Gasteiger partial charge in [0, 0.05) is 50.9 Å². The maximum absolute atomic E-state index is 14.0. The number of aliphatic hydroxyl groups is 1. The molecule has 4 aliphatic rings. The SMILES string of the molecule is CN(C)c1cc(CN2CC=CC2)c(O)c2c1C[C@H]1C[C@H]3C(N(C)C)C(=O)C(C(N)=O)C(=O)[C@@]3(O)C(=O)C1C2=O. The predicted octanol–water partition coefficient (Wildman–Crippen LogP) is -0.695. The highest BCUT2D eigenvalue weighted by atomic mass is 16.3. The van der Waals surface area contributed by atoms with Crippen molar-refractivity contribution in [2.24, 2.45) is 29.4 Å². The molecule has 39 heavy (non-hydrogen) atoms. The number of fused-ring (bicyclic) bond motifs is 3. The van der Waals surface area contributed by atoms with Gasteiger partial charge in [-0.05, 0) is 44.5 Å². The number of anilines is 1. The van der Waals surface area contributed by atoms with Crippen molar-refractivity contribution >= 4 is 34.7 Å². The lowest BCUT2D eigenvalue weighted by Crippen LogP contribution is -2.74. The molecule has 3 unspecified atom stereocenters. The molecule has 2 fully saturated rings. The zero-order valence-electron chi connectivity index (χ0n) is 22.5. The second-order valence-corrected chi connectivity index (χ2v) is 11.6. The van der Waals surface area contributed by atoms with Crippen LogP contribution in [0.25, 0.3) is 0 Å². The Morgan fingerprint density at radius 1 is 1.10 bits per heavy atom. The van der Waals surface area contributed by atoms with Gasteiger partial charge in [0.05, 0.1) is 17.5 Å². The minimum absolute atomic E-state index is 0.0231. The van der Waals surface area contributed by atoms with Crippen molar-refractivity contribution in [3.05, 3.63) is 34.9 Å². The van der Waals surface area contributed by atoms with E-state index in [0.717, 1.165) is 5.69 Å². The normalized spacial score (nSPS) is 32.3. The molecular weight excluding hydrogens is 504 g/mol. The number of rotatable bonds is 5. The number of likely N-dealkylation sites (N-methyl/N-ethyl adjacent to an activating group) is 1. The molecule has 0 aromatic heterocycles. The molecule has 1 aromatic carbocycles. The maximum atomic E-state index is 14.0. The Labute approximate surface area is 226 Å². The molecular formula is C28H34N4O7. The number of carbonyl (C=O) groups excluding carboxylic acids is 5. The summed E-state index contributed by atoms with van der Waals surface area (Å²) in [6.07, 6.45) is 4.29. The van der Waals surface area contributed by atoms with Crippen LogP contribution in [0.2, 0.25) is 0 Å². The first-order valence-corrected chi connectivity index (χ1v) is 13.1. The van der Waals surface area contributed by atoms with Gasteiger partial charge in [0.2, 0.25) is 5.91 Å². The van der Waals surface area contributed by atoms with Crippen LogP contribution in [0.3, 0.4) is 0 Å². The van der Waals surface area contributed by atoms with Gasteiger partial charge in [-0.1, -0.05) is 12.2 Å². The number of Topliss-reactive ketones (excluding diaryl/α,β-unsaturated/α-hetero) is 4. The summed E-state index contributed by atoms with van der Waals surface area (Å²) in [5.41, 5.74) is 4.53. The van der Waals surface area contributed by atoms with E-state index in [-0.39, 0.29) is 24.2 Å². The summed E-state index contributed by atoms with van der Waals surface area (Å²) in [5, 5.41) is 23.0. The molecule has 0 saturated heterocycles. The summed E-state index contributed by atoms with van der Waals surface area (Å²) in [5.74, 6) is -10.3. The van der Waals surface area contributed by atoms with E-state index in [0.29, 0.717) is 30.8 Å². The highest BCUT2D eigenvalue weighted by molar-refractivity contribution is 6.32. The van der Waals surface area contributed by atoms with E-state index in [1.807, 2.05) is 37.2 Å². The smallest absolute Gasteiger partial charge is 0.235 e. The van der Waals surface area contributed by atoms with Gasteiger partial charge in [0.1, 0.15) is 5.75 Å². The monoisotopic (exact) mass is 538 g/mol. The first-order chi connectivity index (χ1) is 18.3. The van der Waals surface area contributed by atoms with Crippen molar-refractivity contribution in [3.8, 4) is 5.75 Å². The molecule has 1 heterocycles. The number of nitrogens with zero attached hydrogens (tertiary/aromatic N) is 3. The molecule has 0 bridgehead atoms. The lowest BCUT2D eigenvalue weighted by Gasteiger charge is -2.52. The lowest BCUT2D eigenvalue weighted by atomic mass is 9.52. The topological polar surface area (TPSA) is 162 Å². The van der Waals surface area contributed by atoms with E-state index >= 15 is 0 Å². The Balaban J connectivity index is 1.63.